The summed E-state index contributed by atoms with van der Waals surface area (Å²) in [6.07, 6.45) is 1.65. The van der Waals surface area contributed by atoms with Gasteiger partial charge in [-0.2, -0.15) is 0 Å². The highest BCUT2D eigenvalue weighted by molar-refractivity contribution is 5.64. The lowest BCUT2D eigenvalue weighted by molar-refractivity contribution is 0.628. The minimum absolute atomic E-state index is 0.259. The van der Waals surface area contributed by atoms with Crippen molar-refractivity contribution >= 4 is 5.95 Å². The van der Waals surface area contributed by atoms with Crippen LogP contribution in [-0.2, 0) is 0 Å². The van der Waals surface area contributed by atoms with Crippen molar-refractivity contribution in [3.05, 3.63) is 41.8 Å². The van der Waals surface area contributed by atoms with Crippen LogP contribution in [0.4, 0.5) is 10.3 Å². The average Bonchev–Trinajstić information content (AvgIpc) is 2.32. The van der Waals surface area contributed by atoms with E-state index in [1.807, 2.05) is 6.92 Å². The second kappa shape index (κ2) is 4.26. The SMILES string of the molecule is CNc1nccc(-c2cc(F)ccc2C)n1. The molecule has 0 radical (unpaired) electrons. The molecule has 0 aliphatic rings. The molecule has 4 heteroatoms. The van der Waals surface area contributed by atoms with Crippen LogP contribution in [0.1, 0.15) is 5.56 Å². The summed E-state index contributed by atoms with van der Waals surface area (Å²) < 4.78 is 13.2. The third kappa shape index (κ3) is 2.00. The van der Waals surface area contributed by atoms with Gasteiger partial charge in [-0.15, -0.1) is 0 Å². The van der Waals surface area contributed by atoms with E-state index in [2.05, 4.69) is 15.3 Å². The molecule has 0 fully saturated rings. The van der Waals surface area contributed by atoms with Crippen molar-refractivity contribution in [2.75, 3.05) is 12.4 Å². The summed E-state index contributed by atoms with van der Waals surface area (Å²) in [7, 11) is 1.75. The number of benzene rings is 1. The second-order valence-electron chi connectivity index (χ2n) is 3.47. The predicted molar refractivity (Wildman–Crippen MR) is 61.7 cm³/mol. The molecule has 0 unspecified atom stereocenters. The van der Waals surface area contributed by atoms with Gasteiger partial charge in [0.1, 0.15) is 5.82 Å². The van der Waals surface area contributed by atoms with Crippen LogP contribution in [0.15, 0.2) is 30.5 Å². The topological polar surface area (TPSA) is 37.8 Å². The molecule has 82 valence electrons. The Bertz CT molecular complexity index is 511. The first kappa shape index (κ1) is 10.5. The molecule has 0 saturated heterocycles. The number of nitrogens with zero attached hydrogens (tertiary/aromatic N) is 2. The van der Waals surface area contributed by atoms with Gasteiger partial charge in [-0.05, 0) is 30.7 Å². The van der Waals surface area contributed by atoms with Crippen molar-refractivity contribution in [3.63, 3.8) is 0 Å². The van der Waals surface area contributed by atoms with Gasteiger partial charge in [-0.25, -0.2) is 14.4 Å². The maximum absolute atomic E-state index is 13.2. The number of rotatable bonds is 2. The Kier molecular flexibility index (Phi) is 2.81. The fourth-order valence-electron chi connectivity index (χ4n) is 1.50. The third-order valence-electron chi connectivity index (χ3n) is 2.35. The van der Waals surface area contributed by atoms with Gasteiger partial charge in [0.2, 0.25) is 5.95 Å². The van der Waals surface area contributed by atoms with E-state index in [-0.39, 0.29) is 5.82 Å². The van der Waals surface area contributed by atoms with Gasteiger partial charge in [0.15, 0.2) is 0 Å². The molecular formula is C12H12FN3. The lowest BCUT2D eigenvalue weighted by atomic mass is 10.1. The molecule has 1 aromatic carbocycles. The standard InChI is InChI=1S/C12H12FN3/c1-8-3-4-9(13)7-10(8)11-5-6-15-12(14-2)16-11/h3-7H,1-2H3,(H,14,15,16). The van der Waals surface area contributed by atoms with E-state index in [1.54, 1.807) is 25.4 Å². The normalized spacial score (nSPS) is 10.2. The quantitative estimate of drug-likeness (QED) is 0.840. The molecule has 1 heterocycles. The van der Waals surface area contributed by atoms with Crippen LogP contribution < -0.4 is 5.32 Å². The van der Waals surface area contributed by atoms with Gasteiger partial charge in [0.25, 0.3) is 0 Å². The molecular weight excluding hydrogens is 205 g/mol. The Balaban J connectivity index is 2.53. The number of anilines is 1. The molecule has 2 rings (SSSR count). The Morgan fingerprint density at radius 2 is 2.06 bits per heavy atom. The second-order valence-corrected chi connectivity index (χ2v) is 3.47. The average molecular weight is 217 g/mol. The zero-order valence-electron chi connectivity index (χ0n) is 9.16. The zero-order chi connectivity index (χ0) is 11.5. The summed E-state index contributed by atoms with van der Waals surface area (Å²) >= 11 is 0. The fourth-order valence-corrected chi connectivity index (χ4v) is 1.50. The lowest BCUT2D eigenvalue weighted by Crippen LogP contribution is -1.97. The van der Waals surface area contributed by atoms with E-state index < -0.39 is 0 Å². The van der Waals surface area contributed by atoms with Crippen LogP contribution >= 0.6 is 0 Å². The molecule has 0 saturated carbocycles. The summed E-state index contributed by atoms with van der Waals surface area (Å²) in [5.41, 5.74) is 2.50. The Morgan fingerprint density at radius 1 is 1.25 bits per heavy atom. The van der Waals surface area contributed by atoms with E-state index in [0.717, 1.165) is 16.8 Å². The van der Waals surface area contributed by atoms with Gasteiger partial charge in [-0.1, -0.05) is 6.07 Å². The predicted octanol–water partition coefficient (Wildman–Crippen LogP) is 2.63. The van der Waals surface area contributed by atoms with Crippen LogP contribution in [-0.4, -0.2) is 17.0 Å². The van der Waals surface area contributed by atoms with E-state index >= 15 is 0 Å². The molecule has 3 nitrogen and oxygen atoms in total. The van der Waals surface area contributed by atoms with Gasteiger partial charge in [0.05, 0.1) is 5.69 Å². The highest BCUT2D eigenvalue weighted by Gasteiger charge is 2.05. The van der Waals surface area contributed by atoms with Gasteiger partial charge >= 0.3 is 0 Å². The molecule has 1 aromatic heterocycles. The first-order valence-corrected chi connectivity index (χ1v) is 4.98. The molecule has 0 spiro atoms. The van der Waals surface area contributed by atoms with Gasteiger partial charge in [-0.3, -0.25) is 0 Å². The highest BCUT2D eigenvalue weighted by Crippen LogP contribution is 2.22. The molecule has 0 amide bonds. The van der Waals surface area contributed by atoms with E-state index in [0.29, 0.717) is 5.95 Å². The van der Waals surface area contributed by atoms with Gasteiger partial charge in [0, 0.05) is 18.8 Å². The van der Waals surface area contributed by atoms with E-state index in [1.165, 1.54) is 12.1 Å². The summed E-state index contributed by atoms with van der Waals surface area (Å²) in [6, 6.07) is 6.44. The van der Waals surface area contributed by atoms with Crippen LogP contribution in [0.3, 0.4) is 0 Å². The minimum atomic E-state index is -0.259. The largest absolute Gasteiger partial charge is 0.357 e. The van der Waals surface area contributed by atoms with Crippen LogP contribution in [0.5, 0.6) is 0 Å². The summed E-state index contributed by atoms with van der Waals surface area (Å²) in [4.78, 5) is 8.29. The Labute approximate surface area is 93.4 Å². The van der Waals surface area contributed by atoms with Crippen molar-refractivity contribution in [2.45, 2.75) is 6.92 Å². The summed E-state index contributed by atoms with van der Waals surface area (Å²) in [5, 5.41) is 2.86. The van der Waals surface area contributed by atoms with Crippen molar-refractivity contribution in [3.8, 4) is 11.3 Å². The zero-order valence-corrected chi connectivity index (χ0v) is 9.16. The highest BCUT2D eigenvalue weighted by atomic mass is 19.1. The van der Waals surface area contributed by atoms with Crippen molar-refractivity contribution in [1.82, 2.24) is 9.97 Å². The van der Waals surface area contributed by atoms with Gasteiger partial charge < -0.3 is 5.32 Å². The van der Waals surface area contributed by atoms with Crippen molar-refractivity contribution < 1.29 is 4.39 Å². The van der Waals surface area contributed by atoms with Crippen LogP contribution in [0.25, 0.3) is 11.3 Å². The summed E-state index contributed by atoms with van der Waals surface area (Å²) in [5.74, 6) is 0.270. The van der Waals surface area contributed by atoms with Crippen molar-refractivity contribution in [1.29, 1.82) is 0 Å². The number of aromatic nitrogens is 2. The molecule has 1 N–H and O–H groups in total. The molecule has 0 aliphatic carbocycles. The van der Waals surface area contributed by atoms with E-state index in [9.17, 15) is 4.39 Å². The molecule has 0 aliphatic heterocycles. The maximum atomic E-state index is 13.2. The maximum Gasteiger partial charge on any atom is 0.222 e. The first-order valence-electron chi connectivity index (χ1n) is 4.98. The Hall–Kier alpha value is -1.97. The number of hydrogen-bond donors (Lipinski definition) is 1. The third-order valence-corrected chi connectivity index (χ3v) is 2.35. The number of halogens is 1. The molecule has 0 bridgehead atoms. The summed E-state index contributed by atoms with van der Waals surface area (Å²) in [6.45, 7) is 1.93. The number of hydrogen-bond acceptors (Lipinski definition) is 3. The van der Waals surface area contributed by atoms with Crippen molar-refractivity contribution in [2.24, 2.45) is 0 Å². The molecule has 16 heavy (non-hydrogen) atoms. The molecule has 0 atom stereocenters. The monoisotopic (exact) mass is 217 g/mol. The van der Waals surface area contributed by atoms with Crippen LogP contribution in [0, 0.1) is 12.7 Å². The smallest absolute Gasteiger partial charge is 0.222 e. The molecule has 2 aromatic rings. The number of nitrogens with one attached hydrogen (secondary N) is 1. The van der Waals surface area contributed by atoms with Crippen LogP contribution in [0.2, 0.25) is 0 Å². The lowest BCUT2D eigenvalue weighted by Gasteiger charge is -2.06. The minimum Gasteiger partial charge on any atom is -0.357 e. The fraction of sp³-hybridized carbons (Fsp3) is 0.167. The van der Waals surface area contributed by atoms with E-state index in [4.69, 9.17) is 0 Å². The Morgan fingerprint density at radius 3 is 2.81 bits per heavy atom. The first-order chi connectivity index (χ1) is 7.70. The number of aryl methyl sites for hydroxylation is 1.